The highest BCUT2D eigenvalue weighted by Gasteiger charge is 2.59. The molecule has 0 saturated carbocycles. The smallest absolute Gasteiger partial charge is 0.254 e. The number of aliphatic hydroxyl groups excluding tert-OH is 1. The number of likely N-dealkylation sites (tertiary alicyclic amines) is 1. The Labute approximate surface area is 191 Å². The molecule has 2 aliphatic rings. The van der Waals surface area contributed by atoms with Crippen molar-refractivity contribution in [1.29, 1.82) is 0 Å². The average Bonchev–Trinajstić information content (AvgIpc) is 3.29. The predicted molar refractivity (Wildman–Crippen MR) is 120 cm³/mol. The minimum atomic E-state index is -1.44. The summed E-state index contributed by atoms with van der Waals surface area (Å²) < 4.78 is 11.0. The first-order valence-corrected chi connectivity index (χ1v) is 10.6. The van der Waals surface area contributed by atoms with E-state index in [9.17, 15) is 14.7 Å². The number of fused-ring (bicyclic) bond motifs is 1. The Morgan fingerprint density at radius 2 is 1.94 bits per heavy atom. The summed E-state index contributed by atoms with van der Waals surface area (Å²) in [6, 6.07) is 9.64. The zero-order valence-electron chi connectivity index (χ0n) is 18.4. The molecule has 0 aliphatic carbocycles. The van der Waals surface area contributed by atoms with E-state index >= 15 is 0 Å². The lowest BCUT2D eigenvalue weighted by molar-refractivity contribution is -0.138. The number of ether oxygens (including phenoxy) is 2. The first kappa shape index (κ1) is 22.4. The van der Waals surface area contributed by atoms with Crippen LogP contribution in [0.1, 0.15) is 17.5 Å². The second-order valence-corrected chi connectivity index (χ2v) is 8.65. The van der Waals surface area contributed by atoms with Crippen molar-refractivity contribution in [3.8, 4) is 11.5 Å². The molecule has 2 aromatic carbocycles. The summed E-state index contributed by atoms with van der Waals surface area (Å²) in [5.41, 5.74) is 0.287. The van der Waals surface area contributed by atoms with Crippen molar-refractivity contribution in [2.24, 2.45) is 0 Å². The normalized spacial score (nSPS) is 24.8. The zero-order valence-corrected chi connectivity index (χ0v) is 19.1. The fraction of sp³-hybridized carbons (Fsp3) is 0.391. The molecule has 8 nitrogen and oxygen atoms in total. The molecule has 1 saturated heterocycles. The number of hydrogen-bond donors (Lipinski definition) is 2. The van der Waals surface area contributed by atoms with Crippen LogP contribution >= 0.6 is 11.6 Å². The third kappa shape index (κ3) is 3.30. The second-order valence-electron chi connectivity index (χ2n) is 8.21. The molecule has 32 heavy (non-hydrogen) atoms. The molecule has 1 unspecified atom stereocenters. The quantitative estimate of drug-likeness (QED) is 0.711. The van der Waals surface area contributed by atoms with Gasteiger partial charge in [-0.15, -0.1) is 0 Å². The zero-order chi connectivity index (χ0) is 23.2. The first-order valence-electron chi connectivity index (χ1n) is 10.2. The van der Waals surface area contributed by atoms with E-state index in [1.54, 1.807) is 62.5 Å². The molecule has 4 rings (SSSR count). The number of nitrogens with one attached hydrogen (secondary N) is 1. The molecule has 0 bridgehead atoms. The molecule has 9 heteroatoms. The number of amides is 2. The highest BCUT2D eigenvalue weighted by molar-refractivity contribution is 6.31. The molecule has 2 heterocycles. The van der Waals surface area contributed by atoms with E-state index < -0.39 is 17.7 Å². The topological polar surface area (TPSA) is 91.3 Å². The lowest BCUT2D eigenvalue weighted by Crippen LogP contribution is -2.57. The predicted octanol–water partition coefficient (Wildman–Crippen LogP) is 2.08. The number of hydrogen-bond acceptors (Lipinski definition) is 6. The number of aliphatic hydroxyl groups is 1. The van der Waals surface area contributed by atoms with Crippen LogP contribution in [0.25, 0.3) is 0 Å². The van der Waals surface area contributed by atoms with Crippen LogP contribution in [-0.2, 0) is 15.1 Å². The van der Waals surface area contributed by atoms with Gasteiger partial charge in [-0.25, -0.2) is 0 Å². The lowest BCUT2D eigenvalue weighted by atomic mass is 9.80. The van der Waals surface area contributed by atoms with Gasteiger partial charge in [0.15, 0.2) is 5.54 Å². The molecule has 0 radical (unpaired) electrons. The Balaban J connectivity index is 2.03. The van der Waals surface area contributed by atoms with Gasteiger partial charge in [-0.1, -0.05) is 11.6 Å². The molecule has 170 valence electrons. The number of anilines is 1. The molecule has 1 fully saturated rings. The molecule has 2 aliphatic heterocycles. The molecule has 3 atom stereocenters. The third-order valence-corrected chi connectivity index (χ3v) is 6.42. The van der Waals surface area contributed by atoms with Gasteiger partial charge in [-0.3, -0.25) is 14.5 Å². The highest BCUT2D eigenvalue weighted by Crippen LogP contribution is 2.51. The molecular weight excluding hydrogens is 434 g/mol. The van der Waals surface area contributed by atoms with Crippen LogP contribution in [0.5, 0.6) is 11.5 Å². The average molecular weight is 460 g/mol. The van der Waals surface area contributed by atoms with E-state index in [4.69, 9.17) is 21.1 Å². The number of β-amino-alcohol motifs (C(OH)–C–C–N with tert-alkyl or cyclic N) is 1. The number of likely N-dealkylation sites (N-methyl/N-ethyl adjacent to an activating group) is 1. The standard InChI is InChI=1S/C23H26ClN3O5/c1-26(2)21(29)19-10-14(28)12-27(19)23(16-7-6-15(31-3)11-20(16)32-4)17-9-13(24)5-8-18(17)25-22(23)30/h5-9,11,14,19,28H,10,12H2,1-4H3,(H,25,30)/t14-,19+,23?/m1/s1. The monoisotopic (exact) mass is 459 g/mol. The largest absolute Gasteiger partial charge is 0.497 e. The van der Waals surface area contributed by atoms with Crippen LogP contribution < -0.4 is 14.8 Å². The van der Waals surface area contributed by atoms with Gasteiger partial charge in [-0.05, 0) is 36.8 Å². The van der Waals surface area contributed by atoms with E-state index in [1.807, 2.05) is 0 Å². The Hall–Kier alpha value is -2.81. The van der Waals surface area contributed by atoms with Gasteiger partial charge in [0, 0.05) is 48.5 Å². The van der Waals surface area contributed by atoms with Crippen LogP contribution in [0.3, 0.4) is 0 Å². The van der Waals surface area contributed by atoms with Crippen molar-refractivity contribution in [3.05, 3.63) is 52.5 Å². The summed E-state index contributed by atoms with van der Waals surface area (Å²) in [6.45, 7) is 0.124. The Bertz CT molecular complexity index is 1080. The molecule has 2 N–H and O–H groups in total. The first-order chi connectivity index (χ1) is 15.2. The number of benzene rings is 2. The van der Waals surface area contributed by atoms with Crippen LogP contribution in [0.15, 0.2) is 36.4 Å². The SMILES string of the molecule is COc1ccc(C2(N3C[C@H](O)C[C@H]3C(=O)N(C)C)C(=O)Nc3ccc(Cl)cc32)c(OC)c1. The number of rotatable bonds is 5. The number of carbonyl (C=O) groups excluding carboxylic acids is 2. The number of methoxy groups -OCH3 is 2. The van der Waals surface area contributed by atoms with Crippen molar-refractivity contribution in [1.82, 2.24) is 9.80 Å². The van der Waals surface area contributed by atoms with Crippen molar-refractivity contribution >= 4 is 29.1 Å². The van der Waals surface area contributed by atoms with Gasteiger partial charge in [0.25, 0.3) is 5.91 Å². The van der Waals surface area contributed by atoms with Crippen LogP contribution in [0, 0.1) is 0 Å². The minimum Gasteiger partial charge on any atom is -0.497 e. The number of nitrogens with zero attached hydrogens (tertiary/aromatic N) is 2. The van der Waals surface area contributed by atoms with E-state index in [-0.39, 0.29) is 24.8 Å². The highest BCUT2D eigenvalue weighted by atomic mass is 35.5. The summed E-state index contributed by atoms with van der Waals surface area (Å²) >= 11 is 6.36. The Morgan fingerprint density at radius 1 is 1.19 bits per heavy atom. The van der Waals surface area contributed by atoms with E-state index in [0.717, 1.165) is 0 Å². The van der Waals surface area contributed by atoms with Gasteiger partial charge in [-0.2, -0.15) is 0 Å². The second kappa shape index (κ2) is 8.27. The third-order valence-electron chi connectivity index (χ3n) is 6.18. The van der Waals surface area contributed by atoms with Crippen molar-refractivity contribution < 1.29 is 24.2 Å². The Kier molecular flexibility index (Phi) is 5.79. The van der Waals surface area contributed by atoms with E-state index in [2.05, 4.69) is 5.32 Å². The lowest BCUT2D eigenvalue weighted by Gasteiger charge is -2.41. The summed E-state index contributed by atoms with van der Waals surface area (Å²) in [4.78, 5) is 30.2. The molecule has 0 spiro atoms. The number of carbonyl (C=O) groups is 2. The van der Waals surface area contributed by atoms with Gasteiger partial charge >= 0.3 is 0 Å². The molecule has 2 aromatic rings. The summed E-state index contributed by atoms with van der Waals surface area (Å²) in [5.74, 6) is 0.443. The maximum absolute atomic E-state index is 13.8. The summed E-state index contributed by atoms with van der Waals surface area (Å²) in [7, 11) is 6.37. The summed E-state index contributed by atoms with van der Waals surface area (Å²) in [5, 5.41) is 14.0. The fourth-order valence-corrected chi connectivity index (χ4v) is 4.95. The maximum atomic E-state index is 13.8. The number of halogens is 1. The van der Waals surface area contributed by atoms with Crippen LogP contribution in [-0.4, -0.2) is 73.7 Å². The summed E-state index contributed by atoms with van der Waals surface area (Å²) in [6.07, 6.45) is -0.568. The minimum absolute atomic E-state index is 0.124. The van der Waals surface area contributed by atoms with Crippen LogP contribution in [0.4, 0.5) is 5.69 Å². The van der Waals surface area contributed by atoms with Crippen LogP contribution in [0.2, 0.25) is 5.02 Å². The maximum Gasteiger partial charge on any atom is 0.254 e. The van der Waals surface area contributed by atoms with Gasteiger partial charge < -0.3 is 24.8 Å². The fourth-order valence-electron chi connectivity index (χ4n) is 4.78. The molecule has 0 aromatic heterocycles. The van der Waals surface area contributed by atoms with E-state index in [1.165, 1.54) is 12.0 Å². The molecule has 2 amide bonds. The van der Waals surface area contributed by atoms with Crippen molar-refractivity contribution in [2.45, 2.75) is 24.1 Å². The van der Waals surface area contributed by atoms with Crippen molar-refractivity contribution in [3.63, 3.8) is 0 Å². The van der Waals surface area contributed by atoms with Crippen molar-refractivity contribution in [2.75, 3.05) is 40.2 Å². The van der Waals surface area contributed by atoms with Gasteiger partial charge in [0.2, 0.25) is 5.91 Å². The molecular formula is C23H26ClN3O5. The van der Waals surface area contributed by atoms with Gasteiger partial charge in [0.1, 0.15) is 11.5 Å². The Morgan fingerprint density at radius 3 is 2.59 bits per heavy atom. The van der Waals surface area contributed by atoms with E-state index in [0.29, 0.717) is 33.3 Å². The van der Waals surface area contributed by atoms with Gasteiger partial charge in [0.05, 0.1) is 26.4 Å².